The third kappa shape index (κ3) is 41.6. The molecule has 19 N–H and O–H groups in total. The molecule has 20 heteroatoms. The average Bonchev–Trinajstić information content (AvgIpc) is 3.25. The molecule has 0 unspecified atom stereocenters. The van der Waals surface area contributed by atoms with E-state index in [1.165, 1.54) is 0 Å². The van der Waals surface area contributed by atoms with Crippen LogP contribution in [0.5, 0.6) is 0 Å². The second kappa shape index (κ2) is 48.7. The number of nitrogens with two attached hydrogens (primary N) is 5. The SMILES string of the molecule is CNCCNCCN(CCN)CCNCCN(CCNCCN(C)CCN)CCNCCN(CCNCCN(CCN)CCN)CCNCCN(CCNC)CCNCCN. The molecule has 368 valence electrons. The van der Waals surface area contributed by atoms with Gasteiger partial charge in [0.2, 0.25) is 0 Å². The summed E-state index contributed by atoms with van der Waals surface area (Å²) >= 11 is 0. The van der Waals surface area contributed by atoms with Gasteiger partial charge in [-0.3, -0.25) is 24.5 Å². The summed E-state index contributed by atoms with van der Waals surface area (Å²) in [4.78, 5) is 14.8. The first kappa shape index (κ1) is 60.2. The van der Waals surface area contributed by atoms with Gasteiger partial charge in [0.05, 0.1) is 0 Å². The van der Waals surface area contributed by atoms with Crippen molar-refractivity contribution < 1.29 is 0 Å². The number of hydrogen-bond acceptors (Lipinski definition) is 20. The lowest BCUT2D eigenvalue weighted by molar-refractivity contribution is 0.245. The van der Waals surface area contributed by atoms with Gasteiger partial charge in [-0.25, -0.2) is 0 Å². The van der Waals surface area contributed by atoms with Gasteiger partial charge in [-0.05, 0) is 21.1 Å². The maximum absolute atomic E-state index is 5.92. The minimum absolute atomic E-state index is 0.663. The van der Waals surface area contributed by atoms with Gasteiger partial charge in [0.15, 0.2) is 0 Å². The van der Waals surface area contributed by atoms with Crippen LogP contribution in [0, 0.1) is 0 Å². The fourth-order valence-corrected chi connectivity index (χ4v) is 6.90. The summed E-state index contributed by atoms with van der Waals surface area (Å²) in [6.45, 7) is 35.7. The Hall–Kier alpha value is -0.800. The van der Waals surface area contributed by atoms with E-state index in [-0.39, 0.29) is 0 Å². The van der Waals surface area contributed by atoms with E-state index in [2.05, 4.69) is 84.3 Å². The molecule has 0 rings (SSSR count). The van der Waals surface area contributed by atoms with Crippen LogP contribution in [-0.4, -0.2) is 299 Å². The molecular weight excluding hydrogens is 773 g/mol. The van der Waals surface area contributed by atoms with E-state index in [0.717, 1.165) is 216 Å². The number of rotatable bonds is 52. The minimum Gasteiger partial charge on any atom is -0.329 e. The number of hydrogen-bond donors (Lipinski definition) is 14. The maximum Gasteiger partial charge on any atom is 0.0108 e. The fraction of sp³-hybridized carbons (Fsp3) is 1.00. The Morgan fingerprint density at radius 1 is 0.246 bits per heavy atom. The van der Waals surface area contributed by atoms with Gasteiger partial charge in [-0.1, -0.05) is 0 Å². The third-order valence-corrected chi connectivity index (χ3v) is 10.7. The van der Waals surface area contributed by atoms with Crippen LogP contribution in [0.15, 0.2) is 0 Å². The molecular formula is C41H104N20. The van der Waals surface area contributed by atoms with Crippen LogP contribution in [0.1, 0.15) is 0 Å². The molecule has 0 aromatic heterocycles. The van der Waals surface area contributed by atoms with Crippen molar-refractivity contribution in [1.82, 2.24) is 77.3 Å². The molecule has 0 aromatic rings. The van der Waals surface area contributed by atoms with Gasteiger partial charge < -0.3 is 81.4 Å². The number of nitrogens with one attached hydrogen (secondary N) is 9. The van der Waals surface area contributed by atoms with E-state index in [1.807, 2.05) is 14.1 Å². The Kier molecular flexibility index (Phi) is 48.0. The van der Waals surface area contributed by atoms with Crippen molar-refractivity contribution in [3.8, 4) is 0 Å². The second-order valence-electron chi connectivity index (χ2n) is 15.9. The quantitative estimate of drug-likeness (QED) is 0.0254. The molecule has 0 amide bonds. The van der Waals surface area contributed by atoms with Gasteiger partial charge in [0, 0.05) is 249 Å². The van der Waals surface area contributed by atoms with Crippen molar-refractivity contribution >= 4 is 0 Å². The standard InChI is InChI=1S/C41H104N20/c1-47-10-11-50-15-32-58(28-8-46)33-17-53-21-38-60(36-18-51-13-29-56(3)25-5-43)39-23-55-24-41-61(37-20-52-16-31-57(26-6-44)27-7-45)40-22-54-19-35-59(30-12-48-2)34-14-49-9-4-42/h47-55H,4-46H2,1-3H3. The maximum atomic E-state index is 5.92. The lowest BCUT2D eigenvalue weighted by Crippen LogP contribution is -2.45. The van der Waals surface area contributed by atoms with E-state index < -0.39 is 0 Å². The highest BCUT2D eigenvalue weighted by molar-refractivity contribution is 4.71. The Balaban J connectivity index is 5.03. The molecule has 61 heavy (non-hydrogen) atoms. The zero-order valence-corrected chi connectivity index (χ0v) is 39.9. The molecule has 0 aliphatic carbocycles. The third-order valence-electron chi connectivity index (χ3n) is 10.7. The monoisotopic (exact) mass is 877 g/mol. The van der Waals surface area contributed by atoms with Crippen molar-refractivity contribution in [2.45, 2.75) is 0 Å². The van der Waals surface area contributed by atoms with Crippen molar-refractivity contribution in [1.29, 1.82) is 0 Å². The lowest BCUT2D eigenvalue weighted by atomic mass is 10.3. The van der Waals surface area contributed by atoms with Crippen LogP contribution in [0.4, 0.5) is 0 Å². The van der Waals surface area contributed by atoms with Gasteiger partial charge in [0.25, 0.3) is 0 Å². The Morgan fingerprint density at radius 2 is 0.492 bits per heavy atom. The first-order valence-corrected chi connectivity index (χ1v) is 24.0. The minimum atomic E-state index is 0.663. The number of nitrogens with zero attached hydrogens (tertiary/aromatic N) is 6. The summed E-state index contributed by atoms with van der Waals surface area (Å²) in [6.07, 6.45) is 0. The number of likely N-dealkylation sites (N-methyl/N-ethyl adjacent to an activating group) is 3. The average molecular weight is 877 g/mol. The van der Waals surface area contributed by atoms with Gasteiger partial charge in [-0.2, -0.15) is 0 Å². The molecule has 0 spiro atoms. The second-order valence-corrected chi connectivity index (χ2v) is 15.9. The Bertz CT molecular complexity index is 833. The van der Waals surface area contributed by atoms with E-state index in [1.54, 1.807) is 0 Å². The van der Waals surface area contributed by atoms with E-state index in [0.29, 0.717) is 32.7 Å². The van der Waals surface area contributed by atoms with E-state index >= 15 is 0 Å². The summed E-state index contributed by atoms with van der Waals surface area (Å²) in [5, 5.41) is 32.0. The van der Waals surface area contributed by atoms with Gasteiger partial charge >= 0.3 is 0 Å². The predicted octanol–water partition coefficient (Wildman–Crippen LogP) is -7.21. The summed E-state index contributed by atoms with van der Waals surface area (Å²) in [7, 11) is 6.14. The highest BCUT2D eigenvalue weighted by Gasteiger charge is 2.10. The molecule has 0 atom stereocenters. The first-order chi connectivity index (χ1) is 30.0. The zero-order chi connectivity index (χ0) is 44.7. The summed E-state index contributed by atoms with van der Waals surface area (Å²) in [6, 6.07) is 0. The van der Waals surface area contributed by atoms with Crippen LogP contribution in [0.3, 0.4) is 0 Å². The Labute approximate surface area is 375 Å². The smallest absolute Gasteiger partial charge is 0.0108 e. The van der Waals surface area contributed by atoms with Crippen LogP contribution in [0.25, 0.3) is 0 Å². The van der Waals surface area contributed by atoms with E-state index in [4.69, 9.17) is 28.7 Å². The summed E-state index contributed by atoms with van der Waals surface area (Å²) < 4.78 is 0. The largest absolute Gasteiger partial charge is 0.329 e. The zero-order valence-electron chi connectivity index (χ0n) is 39.9. The lowest BCUT2D eigenvalue weighted by Gasteiger charge is -2.26. The molecule has 0 aliphatic heterocycles. The molecule has 0 saturated heterocycles. The van der Waals surface area contributed by atoms with Crippen molar-refractivity contribution in [2.24, 2.45) is 28.7 Å². The highest BCUT2D eigenvalue weighted by atomic mass is 15.2. The fourth-order valence-electron chi connectivity index (χ4n) is 6.90. The molecule has 0 fully saturated rings. The molecule has 0 aromatic carbocycles. The Morgan fingerprint density at radius 3 is 0.787 bits per heavy atom. The first-order valence-electron chi connectivity index (χ1n) is 24.0. The van der Waals surface area contributed by atoms with Gasteiger partial charge in [-0.15, -0.1) is 0 Å². The molecule has 0 aliphatic rings. The molecule has 0 bridgehead atoms. The normalized spacial score (nSPS) is 12.3. The molecule has 20 nitrogen and oxygen atoms in total. The molecule has 0 saturated carbocycles. The van der Waals surface area contributed by atoms with Crippen molar-refractivity contribution in [2.75, 3.05) is 270 Å². The van der Waals surface area contributed by atoms with Crippen LogP contribution in [-0.2, 0) is 0 Å². The van der Waals surface area contributed by atoms with E-state index in [9.17, 15) is 0 Å². The van der Waals surface area contributed by atoms with Crippen LogP contribution in [0.2, 0.25) is 0 Å². The molecule has 0 radical (unpaired) electrons. The topological polar surface area (TPSA) is 258 Å². The highest BCUT2D eigenvalue weighted by Crippen LogP contribution is 1.92. The van der Waals surface area contributed by atoms with Crippen molar-refractivity contribution in [3.63, 3.8) is 0 Å². The van der Waals surface area contributed by atoms with Gasteiger partial charge in [0.1, 0.15) is 0 Å². The van der Waals surface area contributed by atoms with Crippen LogP contribution >= 0.6 is 0 Å². The summed E-state index contributed by atoms with van der Waals surface area (Å²) in [5.41, 5.74) is 29.0. The van der Waals surface area contributed by atoms with Crippen molar-refractivity contribution in [3.05, 3.63) is 0 Å². The predicted molar refractivity (Wildman–Crippen MR) is 263 cm³/mol. The summed E-state index contributed by atoms with van der Waals surface area (Å²) in [5.74, 6) is 0. The van der Waals surface area contributed by atoms with Crippen LogP contribution < -0.4 is 76.5 Å². The molecule has 0 heterocycles.